The molecule has 0 aromatic rings. The number of aliphatic imine (C=N–C) groups is 1. The summed E-state index contributed by atoms with van der Waals surface area (Å²) in [5, 5.41) is 0. The lowest BCUT2D eigenvalue weighted by atomic mass is 10.2. The number of rotatable bonds is 4. The van der Waals surface area contributed by atoms with Crippen LogP contribution < -0.4 is 17.0 Å². The van der Waals surface area contributed by atoms with E-state index in [4.69, 9.17) is 11.6 Å². The standard InChI is InChI=1S/C9H21N5/c1-14(8-4-2-3-5-8)7-6-12-9(10)13-11/h8H,2-7,11H2,1H3,(H3,10,12,13). The third-order valence-corrected chi connectivity index (χ3v) is 2.83. The van der Waals surface area contributed by atoms with E-state index < -0.39 is 0 Å². The molecule has 0 aromatic heterocycles. The maximum absolute atomic E-state index is 5.41. The molecule has 0 bridgehead atoms. The van der Waals surface area contributed by atoms with Gasteiger partial charge in [0.25, 0.3) is 0 Å². The molecular weight excluding hydrogens is 178 g/mol. The third-order valence-electron chi connectivity index (χ3n) is 2.83. The molecule has 14 heavy (non-hydrogen) atoms. The molecular formula is C9H21N5. The number of guanidine groups is 1. The number of hydrogen-bond donors (Lipinski definition) is 3. The van der Waals surface area contributed by atoms with E-state index in [2.05, 4.69) is 22.4 Å². The summed E-state index contributed by atoms with van der Waals surface area (Å²) in [6.45, 7) is 1.66. The summed E-state index contributed by atoms with van der Waals surface area (Å²) < 4.78 is 0. The largest absolute Gasteiger partial charge is 0.369 e. The molecule has 1 aliphatic carbocycles. The Morgan fingerprint density at radius 1 is 1.50 bits per heavy atom. The monoisotopic (exact) mass is 199 g/mol. The van der Waals surface area contributed by atoms with E-state index in [9.17, 15) is 0 Å². The van der Waals surface area contributed by atoms with Crippen molar-refractivity contribution in [3.05, 3.63) is 0 Å². The molecule has 0 atom stereocenters. The SMILES string of the molecule is CN(CCN=C(N)NN)C1CCCC1. The van der Waals surface area contributed by atoms with Crippen LogP contribution in [-0.4, -0.2) is 37.0 Å². The van der Waals surface area contributed by atoms with E-state index in [0.717, 1.165) is 12.6 Å². The minimum absolute atomic E-state index is 0.310. The number of likely N-dealkylation sites (N-methyl/N-ethyl adjacent to an activating group) is 1. The Hall–Kier alpha value is -0.810. The molecule has 5 heteroatoms. The van der Waals surface area contributed by atoms with Crippen LogP contribution in [0.1, 0.15) is 25.7 Å². The van der Waals surface area contributed by atoms with Crippen molar-refractivity contribution in [2.24, 2.45) is 16.6 Å². The molecule has 0 heterocycles. The molecule has 82 valence electrons. The first-order valence-electron chi connectivity index (χ1n) is 5.21. The molecule has 1 fully saturated rings. The van der Waals surface area contributed by atoms with Crippen molar-refractivity contribution in [2.45, 2.75) is 31.7 Å². The smallest absolute Gasteiger partial charge is 0.203 e. The topological polar surface area (TPSA) is 79.7 Å². The maximum atomic E-state index is 5.41. The van der Waals surface area contributed by atoms with E-state index in [1.807, 2.05) is 0 Å². The van der Waals surface area contributed by atoms with Gasteiger partial charge in [-0.3, -0.25) is 10.4 Å². The van der Waals surface area contributed by atoms with Gasteiger partial charge in [0.2, 0.25) is 5.96 Å². The Kier molecular flexibility index (Phi) is 4.69. The van der Waals surface area contributed by atoms with Crippen LogP contribution in [0, 0.1) is 0 Å². The summed E-state index contributed by atoms with van der Waals surface area (Å²) in [6.07, 6.45) is 5.38. The molecule has 5 N–H and O–H groups in total. The van der Waals surface area contributed by atoms with Gasteiger partial charge in [-0.05, 0) is 19.9 Å². The number of nitrogens with two attached hydrogens (primary N) is 2. The highest BCUT2D eigenvalue weighted by atomic mass is 15.3. The fraction of sp³-hybridized carbons (Fsp3) is 0.889. The van der Waals surface area contributed by atoms with Crippen molar-refractivity contribution in [1.82, 2.24) is 10.3 Å². The molecule has 0 spiro atoms. The van der Waals surface area contributed by atoms with E-state index in [0.29, 0.717) is 12.5 Å². The minimum atomic E-state index is 0.310. The number of nitrogens with one attached hydrogen (secondary N) is 1. The van der Waals surface area contributed by atoms with Gasteiger partial charge in [0, 0.05) is 12.6 Å². The number of hydrazine groups is 1. The minimum Gasteiger partial charge on any atom is -0.369 e. The first kappa shape index (κ1) is 11.3. The quantitative estimate of drug-likeness (QED) is 0.250. The first-order valence-corrected chi connectivity index (χ1v) is 5.21. The van der Waals surface area contributed by atoms with E-state index in [-0.39, 0.29) is 0 Å². The average molecular weight is 199 g/mol. The summed E-state index contributed by atoms with van der Waals surface area (Å²) in [5.41, 5.74) is 7.73. The van der Waals surface area contributed by atoms with Crippen molar-refractivity contribution in [3.63, 3.8) is 0 Å². The fourth-order valence-electron chi connectivity index (χ4n) is 1.90. The maximum Gasteiger partial charge on any atom is 0.203 e. The van der Waals surface area contributed by atoms with E-state index in [1.165, 1.54) is 25.7 Å². The zero-order valence-electron chi connectivity index (χ0n) is 8.87. The van der Waals surface area contributed by atoms with Crippen molar-refractivity contribution in [2.75, 3.05) is 20.1 Å². The van der Waals surface area contributed by atoms with Gasteiger partial charge in [-0.15, -0.1) is 0 Å². The average Bonchev–Trinajstić information content (AvgIpc) is 2.70. The Balaban J connectivity index is 2.17. The molecule has 0 aromatic carbocycles. The zero-order chi connectivity index (χ0) is 10.4. The Labute approximate surface area is 85.5 Å². The molecule has 0 aliphatic heterocycles. The molecule has 1 aliphatic rings. The van der Waals surface area contributed by atoms with Crippen LogP contribution in [0.25, 0.3) is 0 Å². The summed E-state index contributed by atoms with van der Waals surface area (Å²) in [6, 6.07) is 0.747. The van der Waals surface area contributed by atoms with Crippen LogP contribution in [0.4, 0.5) is 0 Å². The normalized spacial score (nSPS) is 19.2. The number of nitrogens with zero attached hydrogens (tertiary/aromatic N) is 2. The summed E-state index contributed by atoms with van der Waals surface area (Å²) >= 11 is 0. The summed E-state index contributed by atoms with van der Waals surface area (Å²) in [4.78, 5) is 6.43. The molecule has 0 unspecified atom stereocenters. The lowest BCUT2D eigenvalue weighted by molar-refractivity contribution is 0.252. The fourth-order valence-corrected chi connectivity index (χ4v) is 1.90. The van der Waals surface area contributed by atoms with Crippen LogP contribution >= 0.6 is 0 Å². The third kappa shape index (κ3) is 3.51. The van der Waals surface area contributed by atoms with Crippen molar-refractivity contribution in [1.29, 1.82) is 0 Å². The first-order chi connectivity index (χ1) is 6.74. The highest BCUT2D eigenvalue weighted by molar-refractivity contribution is 5.77. The summed E-state index contributed by atoms with van der Waals surface area (Å²) in [7, 11) is 2.15. The molecule has 0 radical (unpaired) electrons. The Morgan fingerprint density at radius 2 is 2.14 bits per heavy atom. The second-order valence-electron chi connectivity index (χ2n) is 3.83. The summed E-state index contributed by atoms with van der Waals surface area (Å²) in [5.74, 6) is 5.40. The van der Waals surface area contributed by atoms with Crippen molar-refractivity contribution in [3.8, 4) is 0 Å². The van der Waals surface area contributed by atoms with Crippen molar-refractivity contribution < 1.29 is 0 Å². The van der Waals surface area contributed by atoms with Gasteiger partial charge in [0.05, 0.1) is 6.54 Å². The second kappa shape index (κ2) is 5.82. The van der Waals surface area contributed by atoms with E-state index in [1.54, 1.807) is 0 Å². The molecule has 0 saturated heterocycles. The van der Waals surface area contributed by atoms with Crippen LogP contribution in [0.2, 0.25) is 0 Å². The van der Waals surface area contributed by atoms with Gasteiger partial charge in [-0.1, -0.05) is 12.8 Å². The van der Waals surface area contributed by atoms with Gasteiger partial charge in [-0.2, -0.15) is 0 Å². The van der Waals surface area contributed by atoms with Gasteiger partial charge in [-0.25, -0.2) is 5.84 Å². The highest BCUT2D eigenvalue weighted by Gasteiger charge is 2.18. The molecule has 5 nitrogen and oxygen atoms in total. The van der Waals surface area contributed by atoms with Gasteiger partial charge in [0.15, 0.2) is 0 Å². The number of hydrogen-bond acceptors (Lipinski definition) is 3. The van der Waals surface area contributed by atoms with Crippen LogP contribution in [-0.2, 0) is 0 Å². The van der Waals surface area contributed by atoms with Crippen LogP contribution in [0.5, 0.6) is 0 Å². The van der Waals surface area contributed by atoms with Gasteiger partial charge < -0.3 is 10.6 Å². The van der Waals surface area contributed by atoms with Crippen molar-refractivity contribution >= 4 is 5.96 Å². The highest BCUT2D eigenvalue weighted by Crippen LogP contribution is 2.21. The molecule has 1 rings (SSSR count). The Morgan fingerprint density at radius 3 is 2.71 bits per heavy atom. The van der Waals surface area contributed by atoms with Gasteiger partial charge in [0.1, 0.15) is 0 Å². The second-order valence-corrected chi connectivity index (χ2v) is 3.83. The predicted octanol–water partition coefficient (Wildman–Crippen LogP) is -0.361. The predicted molar refractivity (Wildman–Crippen MR) is 58.7 cm³/mol. The Bertz CT molecular complexity index is 186. The molecule has 1 saturated carbocycles. The van der Waals surface area contributed by atoms with Gasteiger partial charge >= 0.3 is 0 Å². The lowest BCUT2D eigenvalue weighted by Crippen LogP contribution is -2.38. The molecule has 0 amide bonds. The van der Waals surface area contributed by atoms with Crippen LogP contribution in [0.15, 0.2) is 4.99 Å². The lowest BCUT2D eigenvalue weighted by Gasteiger charge is -2.22. The van der Waals surface area contributed by atoms with E-state index >= 15 is 0 Å². The zero-order valence-corrected chi connectivity index (χ0v) is 8.87. The van der Waals surface area contributed by atoms with Crippen LogP contribution in [0.3, 0.4) is 0 Å².